The number of nitrogens with zero attached hydrogens (tertiary/aromatic N) is 1. The van der Waals surface area contributed by atoms with Crippen molar-refractivity contribution in [3.63, 3.8) is 0 Å². The summed E-state index contributed by atoms with van der Waals surface area (Å²) in [5.41, 5.74) is 0.638. The quantitative estimate of drug-likeness (QED) is 0.831. The molecule has 0 amide bonds. The van der Waals surface area contributed by atoms with Gasteiger partial charge in [0.25, 0.3) is 0 Å². The molecular weight excluding hydrogens is 300 g/mol. The lowest BCUT2D eigenvalue weighted by molar-refractivity contribution is 0.180. The van der Waals surface area contributed by atoms with Gasteiger partial charge in [-0.3, -0.25) is 0 Å². The van der Waals surface area contributed by atoms with Crippen molar-refractivity contribution in [2.75, 3.05) is 6.61 Å². The van der Waals surface area contributed by atoms with Gasteiger partial charge in [-0.15, -0.1) is 0 Å². The minimum atomic E-state index is -3.56. The first kappa shape index (κ1) is 15.7. The maximum absolute atomic E-state index is 12.3. The summed E-state index contributed by atoms with van der Waals surface area (Å²) in [4.78, 5) is 4.02. The second kappa shape index (κ2) is 6.39. The predicted molar refractivity (Wildman–Crippen MR) is 77.1 cm³/mol. The van der Waals surface area contributed by atoms with Crippen LogP contribution in [0.25, 0.3) is 0 Å². The van der Waals surface area contributed by atoms with E-state index in [4.69, 9.17) is 16.7 Å². The summed E-state index contributed by atoms with van der Waals surface area (Å²) in [5.74, 6) is 0.301. The van der Waals surface area contributed by atoms with E-state index < -0.39 is 10.0 Å². The molecule has 0 spiro atoms. The number of pyridine rings is 1. The third kappa shape index (κ3) is 3.69. The molecule has 20 heavy (non-hydrogen) atoms. The highest BCUT2D eigenvalue weighted by molar-refractivity contribution is 7.89. The first-order chi connectivity index (χ1) is 9.42. The average Bonchev–Trinajstić information content (AvgIpc) is 2.42. The standard InChI is InChI=1S/C13H19ClN2O3S/c1-9-6-12(7-15-13(9)14)20(18,19)16-11-4-2-10(8-17)3-5-11/h6-7,10-11,16-17H,2-5,8H2,1H3. The summed E-state index contributed by atoms with van der Waals surface area (Å²) in [6.45, 7) is 1.90. The molecule has 1 fully saturated rings. The Morgan fingerprint density at radius 2 is 2.05 bits per heavy atom. The van der Waals surface area contributed by atoms with Gasteiger partial charge in [-0.2, -0.15) is 0 Å². The van der Waals surface area contributed by atoms with E-state index in [1.165, 1.54) is 12.3 Å². The zero-order valence-corrected chi connectivity index (χ0v) is 12.9. The highest BCUT2D eigenvalue weighted by Gasteiger charge is 2.25. The number of rotatable bonds is 4. The molecule has 0 atom stereocenters. The van der Waals surface area contributed by atoms with Crippen molar-refractivity contribution >= 4 is 21.6 Å². The molecule has 2 rings (SSSR count). The predicted octanol–water partition coefficient (Wildman–Crippen LogP) is 1.87. The highest BCUT2D eigenvalue weighted by atomic mass is 35.5. The lowest BCUT2D eigenvalue weighted by atomic mass is 9.87. The normalized spacial score (nSPS) is 23.8. The van der Waals surface area contributed by atoms with Crippen LogP contribution in [0.15, 0.2) is 17.2 Å². The number of aliphatic hydroxyl groups excluding tert-OH is 1. The van der Waals surface area contributed by atoms with Gasteiger partial charge in [0.05, 0.1) is 0 Å². The van der Waals surface area contributed by atoms with Crippen molar-refractivity contribution in [2.24, 2.45) is 5.92 Å². The van der Waals surface area contributed by atoms with E-state index in [0.29, 0.717) is 16.6 Å². The molecule has 1 aliphatic carbocycles. The van der Waals surface area contributed by atoms with Crippen LogP contribution < -0.4 is 4.72 Å². The summed E-state index contributed by atoms with van der Waals surface area (Å²) in [6.07, 6.45) is 4.48. The van der Waals surface area contributed by atoms with Gasteiger partial charge in [0.2, 0.25) is 10.0 Å². The topological polar surface area (TPSA) is 79.3 Å². The largest absolute Gasteiger partial charge is 0.396 e. The fraction of sp³-hybridized carbons (Fsp3) is 0.615. The Bertz CT molecular complexity index is 569. The van der Waals surface area contributed by atoms with Crippen molar-refractivity contribution in [2.45, 2.75) is 43.5 Å². The van der Waals surface area contributed by atoms with Gasteiger partial charge in [-0.25, -0.2) is 18.1 Å². The molecule has 2 N–H and O–H groups in total. The molecule has 1 aliphatic rings. The maximum Gasteiger partial charge on any atom is 0.242 e. The van der Waals surface area contributed by atoms with Crippen LogP contribution in [0, 0.1) is 12.8 Å². The van der Waals surface area contributed by atoms with E-state index >= 15 is 0 Å². The van der Waals surface area contributed by atoms with Crippen molar-refractivity contribution in [1.82, 2.24) is 9.71 Å². The molecular formula is C13H19ClN2O3S. The van der Waals surface area contributed by atoms with Gasteiger partial charge >= 0.3 is 0 Å². The number of aromatic nitrogens is 1. The second-order valence-corrected chi connectivity index (χ2v) is 7.37. The minimum Gasteiger partial charge on any atom is -0.396 e. The van der Waals surface area contributed by atoms with Gasteiger partial charge in [-0.1, -0.05) is 11.6 Å². The molecule has 0 unspecified atom stereocenters. The molecule has 1 aromatic heterocycles. The molecule has 1 aromatic rings. The Kier molecular flexibility index (Phi) is 5.01. The highest BCUT2D eigenvalue weighted by Crippen LogP contribution is 2.25. The van der Waals surface area contributed by atoms with E-state index in [9.17, 15) is 8.42 Å². The van der Waals surface area contributed by atoms with Crippen LogP contribution in [0.3, 0.4) is 0 Å². The van der Waals surface area contributed by atoms with Gasteiger partial charge in [0.1, 0.15) is 10.0 Å². The monoisotopic (exact) mass is 318 g/mol. The summed E-state index contributed by atoms with van der Waals surface area (Å²) in [7, 11) is -3.56. The lowest BCUT2D eigenvalue weighted by Crippen LogP contribution is -2.38. The summed E-state index contributed by atoms with van der Waals surface area (Å²) in [5, 5.41) is 9.40. The molecule has 0 aromatic carbocycles. The zero-order chi connectivity index (χ0) is 14.8. The number of nitrogens with one attached hydrogen (secondary N) is 1. The Balaban J connectivity index is 2.06. The number of aliphatic hydroxyl groups is 1. The second-order valence-electron chi connectivity index (χ2n) is 5.30. The van der Waals surface area contributed by atoms with Gasteiger partial charge in [0, 0.05) is 18.8 Å². The molecule has 7 heteroatoms. The summed E-state index contributed by atoms with van der Waals surface area (Å²) >= 11 is 5.80. The molecule has 1 heterocycles. The third-order valence-electron chi connectivity index (χ3n) is 3.73. The van der Waals surface area contributed by atoms with Crippen LogP contribution in [0.1, 0.15) is 31.2 Å². The van der Waals surface area contributed by atoms with Gasteiger partial charge in [0.15, 0.2) is 0 Å². The number of aryl methyl sites for hydroxylation is 1. The Morgan fingerprint density at radius 1 is 1.40 bits per heavy atom. The average molecular weight is 319 g/mol. The fourth-order valence-corrected chi connectivity index (χ4v) is 3.87. The SMILES string of the molecule is Cc1cc(S(=O)(=O)NC2CCC(CO)CC2)cnc1Cl. The Hall–Kier alpha value is -0.690. The molecule has 112 valence electrons. The van der Waals surface area contributed by atoms with Crippen LogP contribution in [0.5, 0.6) is 0 Å². The lowest BCUT2D eigenvalue weighted by Gasteiger charge is -2.27. The van der Waals surface area contributed by atoms with Gasteiger partial charge < -0.3 is 5.11 Å². The first-order valence-electron chi connectivity index (χ1n) is 6.67. The minimum absolute atomic E-state index is 0.0706. The third-order valence-corrected chi connectivity index (χ3v) is 5.61. The molecule has 0 bridgehead atoms. The van der Waals surface area contributed by atoms with E-state index in [-0.39, 0.29) is 17.5 Å². The van der Waals surface area contributed by atoms with Crippen LogP contribution in [-0.4, -0.2) is 31.2 Å². The zero-order valence-electron chi connectivity index (χ0n) is 11.3. The van der Waals surface area contributed by atoms with E-state index in [0.717, 1.165) is 25.7 Å². The Labute approximate surface area is 124 Å². The van der Waals surface area contributed by atoms with Crippen LogP contribution >= 0.6 is 11.6 Å². The molecule has 5 nitrogen and oxygen atoms in total. The van der Waals surface area contributed by atoms with Crippen molar-refractivity contribution in [3.8, 4) is 0 Å². The van der Waals surface area contributed by atoms with Crippen LogP contribution in [-0.2, 0) is 10.0 Å². The first-order valence-corrected chi connectivity index (χ1v) is 8.54. The maximum atomic E-state index is 12.3. The number of hydrogen-bond acceptors (Lipinski definition) is 4. The fourth-order valence-electron chi connectivity index (χ4n) is 2.43. The van der Waals surface area contributed by atoms with Crippen LogP contribution in [0.4, 0.5) is 0 Å². The number of sulfonamides is 1. The number of halogens is 1. The smallest absolute Gasteiger partial charge is 0.242 e. The van der Waals surface area contributed by atoms with Gasteiger partial charge in [-0.05, 0) is 50.2 Å². The molecule has 0 aliphatic heterocycles. The summed E-state index contributed by atoms with van der Waals surface area (Å²) < 4.78 is 27.3. The molecule has 1 saturated carbocycles. The Morgan fingerprint density at radius 3 is 2.60 bits per heavy atom. The van der Waals surface area contributed by atoms with Crippen molar-refractivity contribution in [1.29, 1.82) is 0 Å². The molecule has 0 radical (unpaired) electrons. The van der Waals surface area contributed by atoms with E-state index in [2.05, 4.69) is 9.71 Å². The van der Waals surface area contributed by atoms with E-state index in [1.54, 1.807) is 6.92 Å². The van der Waals surface area contributed by atoms with Crippen LogP contribution in [0.2, 0.25) is 5.15 Å². The number of hydrogen-bond donors (Lipinski definition) is 2. The van der Waals surface area contributed by atoms with Crippen molar-refractivity contribution < 1.29 is 13.5 Å². The van der Waals surface area contributed by atoms with Crippen molar-refractivity contribution in [3.05, 3.63) is 23.0 Å². The van der Waals surface area contributed by atoms with E-state index in [1.807, 2.05) is 0 Å². The molecule has 0 saturated heterocycles. The summed E-state index contributed by atoms with van der Waals surface area (Å²) in [6, 6.07) is 1.45.